The SMILES string of the molecule is COC(=O)Cc1nc(C)cc(-c2cccs2)n1. The Morgan fingerprint density at radius 2 is 2.29 bits per heavy atom. The summed E-state index contributed by atoms with van der Waals surface area (Å²) in [5.41, 5.74) is 1.70. The summed E-state index contributed by atoms with van der Waals surface area (Å²) in [5, 5.41) is 1.99. The van der Waals surface area contributed by atoms with Gasteiger partial charge in [0.05, 0.1) is 17.7 Å². The van der Waals surface area contributed by atoms with Gasteiger partial charge in [0.1, 0.15) is 12.2 Å². The molecule has 0 aliphatic rings. The highest BCUT2D eigenvalue weighted by Gasteiger charge is 2.09. The molecule has 0 unspecified atom stereocenters. The van der Waals surface area contributed by atoms with E-state index in [1.165, 1.54) is 7.11 Å². The molecule has 0 radical (unpaired) electrons. The van der Waals surface area contributed by atoms with Gasteiger partial charge in [0.15, 0.2) is 0 Å². The molecule has 0 N–H and O–H groups in total. The van der Waals surface area contributed by atoms with Crippen molar-refractivity contribution in [2.24, 2.45) is 0 Å². The molecule has 0 spiro atoms. The number of nitrogens with zero attached hydrogens (tertiary/aromatic N) is 2. The quantitative estimate of drug-likeness (QED) is 0.782. The zero-order chi connectivity index (χ0) is 12.3. The van der Waals surface area contributed by atoms with Crippen molar-refractivity contribution in [2.75, 3.05) is 7.11 Å². The lowest BCUT2D eigenvalue weighted by molar-refractivity contribution is -0.139. The van der Waals surface area contributed by atoms with Crippen LogP contribution in [0, 0.1) is 6.92 Å². The average Bonchev–Trinajstić information content (AvgIpc) is 2.81. The number of carbonyl (C=O) groups is 1. The lowest BCUT2D eigenvalue weighted by atomic mass is 10.2. The zero-order valence-corrected chi connectivity index (χ0v) is 10.5. The van der Waals surface area contributed by atoms with Gasteiger partial charge in [0.25, 0.3) is 0 Å². The molecular weight excluding hydrogens is 236 g/mol. The molecule has 4 nitrogen and oxygen atoms in total. The Kier molecular flexibility index (Phi) is 3.49. The fraction of sp³-hybridized carbons (Fsp3) is 0.250. The van der Waals surface area contributed by atoms with Gasteiger partial charge in [-0.25, -0.2) is 9.97 Å². The largest absolute Gasteiger partial charge is 0.469 e. The molecule has 0 bridgehead atoms. The molecule has 17 heavy (non-hydrogen) atoms. The van der Waals surface area contributed by atoms with Crippen LogP contribution in [0.25, 0.3) is 10.6 Å². The third-order valence-electron chi connectivity index (χ3n) is 2.20. The number of aryl methyl sites for hydroxylation is 1. The minimum absolute atomic E-state index is 0.108. The number of hydrogen-bond donors (Lipinski definition) is 0. The Balaban J connectivity index is 2.33. The molecule has 0 saturated heterocycles. The molecule has 2 aromatic heterocycles. The number of methoxy groups -OCH3 is 1. The predicted octanol–water partition coefficient (Wildman–Crippen LogP) is 2.23. The van der Waals surface area contributed by atoms with E-state index in [0.29, 0.717) is 5.82 Å². The maximum absolute atomic E-state index is 11.2. The van der Waals surface area contributed by atoms with Crippen molar-refractivity contribution in [2.45, 2.75) is 13.3 Å². The van der Waals surface area contributed by atoms with Crippen molar-refractivity contribution in [3.63, 3.8) is 0 Å². The molecule has 0 aromatic carbocycles. The molecule has 2 rings (SSSR count). The van der Waals surface area contributed by atoms with Crippen molar-refractivity contribution in [3.05, 3.63) is 35.1 Å². The Labute approximate surface area is 103 Å². The molecule has 0 amide bonds. The van der Waals surface area contributed by atoms with Gasteiger partial charge in [-0.05, 0) is 24.4 Å². The maximum Gasteiger partial charge on any atom is 0.313 e. The summed E-state index contributed by atoms with van der Waals surface area (Å²) in [6.07, 6.45) is 0.108. The normalized spacial score (nSPS) is 10.2. The lowest BCUT2D eigenvalue weighted by Gasteiger charge is -2.03. The zero-order valence-electron chi connectivity index (χ0n) is 9.64. The van der Waals surface area contributed by atoms with Gasteiger partial charge >= 0.3 is 5.97 Å². The van der Waals surface area contributed by atoms with Crippen LogP contribution in [0.5, 0.6) is 0 Å². The van der Waals surface area contributed by atoms with Gasteiger partial charge in [-0.15, -0.1) is 11.3 Å². The number of esters is 1. The van der Waals surface area contributed by atoms with E-state index in [1.54, 1.807) is 11.3 Å². The molecule has 88 valence electrons. The van der Waals surface area contributed by atoms with E-state index in [2.05, 4.69) is 14.7 Å². The van der Waals surface area contributed by atoms with Gasteiger partial charge in [0.2, 0.25) is 0 Å². The first-order valence-electron chi connectivity index (χ1n) is 5.14. The van der Waals surface area contributed by atoms with Gasteiger partial charge < -0.3 is 4.74 Å². The van der Waals surface area contributed by atoms with Gasteiger partial charge in [-0.3, -0.25) is 4.79 Å². The number of aromatic nitrogens is 2. The van der Waals surface area contributed by atoms with E-state index in [4.69, 9.17) is 0 Å². The van der Waals surface area contributed by atoms with E-state index < -0.39 is 0 Å². The minimum Gasteiger partial charge on any atom is -0.469 e. The van der Waals surface area contributed by atoms with E-state index in [9.17, 15) is 4.79 Å². The summed E-state index contributed by atoms with van der Waals surface area (Å²) in [4.78, 5) is 20.8. The standard InChI is InChI=1S/C12H12N2O2S/c1-8-6-9(10-4-3-5-17-10)14-11(13-8)7-12(15)16-2/h3-6H,7H2,1-2H3. The van der Waals surface area contributed by atoms with Crippen LogP contribution < -0.4 is 0 Å². The Morgan fingerprint density at radius 3 is 2.94 bits per heavy atom. The van der Waals surface area contributed by atoms with Crippen molar-refractivity contribution in [3.8, 4) is 10.6 Å². The second kappa shape index (κ2) is 5.05. The molecule has 0 aliphatic carbocycles. The molecule has 5 heteroatoms. The first kappa shape index (κ1) is 11.7. The average molecular weight is 248 g/mol. The molecule has 2 heterocycles. The number of hydrogen-bond acceptors (Lipinski definition) is 5. The molecular formula is C12H12N2O2S. The highest BCUT2D eigenvalue weighted by atomic mass is 32.1. The maximum atomic E-state index is 11.2. The van der Waals surface area contributed by atoms with Crippen molar-refractivity contribution >= 4 is 17.3 Å². The first-order chi connectivity index (χ1) is 8.19. The third kappa shape index (κ3) is 2.88. The smallest absolute Gasteiger partial charge is 0.313 e. The van der Waals surface area contributed by atoms with E-state index >= 15 is 0 Å². The number of ether oxygens (including phenoxy) is 1. The molecule has 0 atom stereocenters. The van der Waals surface area contributed by atoms with Gasteiger partial charge in [-0.1, -0.05) is 6.07 Å². The number of rotatable bonds is 3. The Hall–Kier alpha value is -1.75. The molecule has 0 fully saturated rings. The summed E-state index contributed by atoms with van der Waals surface area (Å²) < 4.78 is 4.61. The summed E-state index contributed by atoms with van der Waals surface area (Å²) in [6, 6.07) is 5.87. The number of thiophene rings is 1. The van der Waals surface area contributed by atoms with Crippen LogP contribution in [0.2, 0.25) is 0 Å². The van der Waals surface area contributed by atoms with Crippen LogP contribution >= 0.6 is 11.3 Å². The van der Waals surface area contributed by atoms with Crippen LogP contribution in [0.3, 0.4) is 0 Å². The molecule has 0 aliphatic heterocycles. The van der Waals surface area contributed by atoms with Crippen LogP contribution in [-0.2, 0) is 16.0 Å². The van der Waals surface area contributed by atoms with Crippen LogP contribution in [0.1, 0.15) is 11.5 Å². The van der Waals surface area contributed by atoms with Gasteiger partial charge in [-0.2, -0.15) is 0 Å². The summed E-state index contributed by atoms with van der Waals surface area (Å²) in [5.74, 6) is 0.174. The van der Waals surface area contributed by atoms with E-state index in [0.717, 1.165) is 16.3 Å². The second-order valence-corrected chi connectivity index (χ2v) is 4.49. The topological polar surface area (TPSA) is 52.1 Å². The fourth-order valence-corrected chi connectivity index (χ4v) is 2.15. The highest BCUT2D eigenvalue weighted by Crippen LogP contribution is 2.23. The van der Waals surface area contributed by atoms with Gasteiger partial charge in [0, 0.05) is 5.69 Å². The van der Waals surface area contributed by atoms with Crippen molar-refractivity contribution in [1.29, 1.82) is 0 Å². The summed E-state index contributed by atoms with van der Waals surface area (Å²) in [6.45, 7) is 1.89. The summed E-state index contributed by atoms with van der Waals surface area (Å²) >= 11 is 1.61. The number of carbonyl (C=O) groups excluding carboxylic acids is 1. The van der Waals surface area contributed by atoms with Crippen LogP contribution in [-0.4, -0.2) is 23.0 Å². The Morgan fingerprint density at radius 1 is 1.47 bits per heavy atom. The van der Waals surface area contributed by atoms with Crippen LogP contribution in [0.4, 0.5) is 0 Å². The van der Waals surface area contributed by atoms with Crippen molar-refractivity contribution in [1.82, 2.24) is 9.97 Å². The predicted molar refractivity (Wildman–Crippen MR) is 65.8 cm³/mol. The molecule has 2 aromatic rings. The van der Waals surface area contributed by atoms with Crippen molar-refractivity contribution < 1.29 is 9.53 Å². The van der Waals surface area contributed by atoms with E-state index in [1.807, 2.05) is 30.5 Å². The third-order valence-corrected chi connectivity index (χ3v) is 3.10. The molecule has 0 saturated carbocycles. The first-order valence-corrected chi connectivity index (χ1v) is 6.02. The second-order valence-electron chi connectivity index (χ2n) is 3.54. The highest BCUT2D eigenvalue weighted by molar-refractivity contribution is 7.13. The monoisotopic (exact) mass is 248 g/mol. The minimum atomic E-state index is -0.326. The fourth-order valence-electron chi connectivity index (χ4n) is 1.46. The Bertz CT molecular complexity index is 523. The lowest BCUT2D eigenvalue weighted by Crippen LogP contribution is -2.09. The summed E-state index contributed by atoms with van der Waals surface area (Å²) in [7, 11) is 1.36. The van der Waals surface area contributed by atoms with Crippen LogP contribution in [0.15, 0.2) is 23.6 Å². The van der Waals surface area contributed by atoms with E-state index in [-0.39, 0.29) is 12.4 Å².